The molecule has 1 saturated carbocycles. The van der Waals surface area contributed by atoms with E-state index in [1.807, 2.05) is 19.0 Å². The van der Waals surface area contributed by atoms with Crippen LogP contribution in [-0.4, -0.2) is 30.8 Å². The van der Waals surface area contributed by atoms with Crippen LogP contribution in [0.4, 0.5) is 0 Å². The molecule has 0 heterocycles. The Morgan fingerprint density at radius 1 is 1.12 bits per heavy atom. The van der Waals surface area contributed by atoms with Gasteiger partial charge >= 0.3 is 0 Å². The number of allylic oxidation sites excluding steroid dienone is 4. The zero-order chi connectivity index (χ0) is 11.8. The molecular weight excluding hydrogens is 198 g/mol. The molecule has 0 spiro atoms. The van der Waals surface area contributed by atoms with E-state index in [-0.39, 0.29) is 6.04 Å². The van der Waals surface area contributed by atoms with Crippen molar-refractivity contribution >= 4 is 5.78 Å². The second-order valence-electron chi connectivity index (χ2n) is 4.63. The molecule has 90 valence electrons. The Balaban J connectivity index is 0.000000181. The SMILES string of the molecule is C1=CCCC=C1.CN(C)C1CCCCC1=O. The molecule has 0 radical (unpaired) electrons. The summed E-state index contributed by atoms with van der Waals surface area (Å²) in [6.45, 7) is 0. The van der Waals surface area contributed by atoms with Crippen LogP contribution in [0.1, 0.15) is 38.5 Å². The van der Waals surface area contributed by atoms with Gasteiger partial charge in [-0.3, -0.25) is 9.69 Å². The van der Waals surface area contributed by atoms with E-state index in [2.05, 4.69) is 24.3 Å². The number of carbonyl (C=O) groups is 1. The molecule has 0 saturated heterocycles. The van der Waals surface area contributed by atoms with Crippen LogP contribution in [-0.2, 0) is 4.79 Å². The molecule has 2 nitrogen and oxygen atoms in total. The van der Waals surface area contributed by atoms with Gasteiger partial charge in [0.05, 0.1) is 6.04 Å². The molecule has 0 aliphatic heterocycles. The van der Waals surface area contributed by atoms with E-state index < -0.39 is 0 Å². The standard InChI is InChI=1S/C8H15NO.C6H8/c1-9(2)7-5-3-4-6-8(7)10;1-2-4-6-5-3-1/h7H,3-6H2,1-2H3;1-4H,5-6H2. The molecule has 2 aliphatic rings. The van der Waals surface area contributed by atoms with E-state index in [1.165, 1.54) is 19.3 Å². The maximum absolute atomic E-state index is 11.2. The molecule has 0 aromatic rings. The molecule has 0 amide bonds. The fourth-order valence-electron chi connectivity index (χ4n) is 2.05. The highest BCUT2D eigenvalue weighted by Crippen LogP contribution is 2.17. The number of carbonyl (C=O) groups excluding carboxylic acids is 1. The van der Waals surface area contributed by atoms with E-state index in [4.69, 9.17) is 0 Å². The van der Waals surface area contributed by atoms with E-state index in [9.17, 15) is 4.79 Å². The van der Waals surface area contributed by atoms with Crippen LogP contribution in [0.3, 0.4) is 0 Å². The molecule has 0 aromatic heterocycles. The molecule has 0 aromatic carbocycles. The summed E-state index contributed by atoms with van der Waals surface area (Å²) in [7, 11) is 3.96. The number of rotatable bonds is 1. The summed E-state index contributed by atoms with van der Waals surface area (Å²) in [5.74, 6) is 0.427. The molecule has 0 bridgehead atoms. The highest BCUT2D eigenvalue weighted by Gasteiger charge is 2.23. The zero-order valence-corrected chi connectivity index (χ0v) is 10.5. The number of nitrogens with zero attached hydrogens (tertiary/aromatic N) is 1. The number of ketones is 1. The summed E-state index contributed by atoms with van der Waals surface area (Å²) in [5.41, 5.74) is 0. The lowest BCUT2D eigenvalue weighted by molar-refractivity contribution is -0.125. The summed E-state index contributed by atoms with van der Waals surface area (Å²) in [6.07, 6.45) is 15.2. The third-order valence-electron chi connectivity index (χ3n) is 3.03. The molecule has 0 N–H and O–H groups in total. The summed E-state index contributed by atoms with van der Waals surface area (Å²) >= 11 is 0. The van der Waals surface area contributed by atoms with Crippen LogP contribution in [0.2, 0.25) is 0 Å². The van der Waals surface area contributed by atoms with Gasteiger partial charge in [0.1, 0.15) is 5.78 Å². The lowest BCUT2D eigenvalue weighted by Gasteiger charge is -2.26. The fraction of sp³-hybridized carbons (Fsp3) is 0.643. The van der Waals surface area contributed by atoms with Crippen molar-refractivity contribution in [3.63, 3.8) is 0 Å². The van der Waals surface area contributed by atoms with Gasteiger partial charge in [-0.25, -0.2) is 0 Å². The molecule has 1 atom stereocenters. The Hall–Kier alpha value is -0.890. The van der Waals surface area contributed by atoms with Gasteiger partial charge in [-0.2, -0.15) is 0 Å². The molecule has 16 heavy (non-hydrogen) atoms. The molecule has 2 aliphatic carbocycles. The minimum atomic E-state index is 0.216. The maximum atomic E-state index is 11.2. The van der Waals surface area contributed by atoms with Crippen LogP contribution in [0.25, 0.3) is 0 Å². The monoisotopic (exact) mass is 221 g/mol. The third kappa shape index (κ3) is 4.75. The second-order valence-corrected chi connectivity index (χ2v) is 4.63. The summed E-state index contributed by atoms with van der Waals surface area (Å²) in [4.78, 5) is 13.2. The average Bonchev–Trinajstić information content (AvgIpc) is 2.32. The number of likely N-dealkylation sites (N-methyl/N-ethyl adjacent to an activating group) is 1. The highest BCUT2D eigenvalue weighted by atomic mass is 16.1. The lowest BCUT2D eigenvalue weighted by Crippen LogP contribution is -2.37. The van der Waals surface area contributed by atoms with E-state index in [0.717, 1.165) is 19.3 Å². The minimum Gasteiger partial charge on any atom is -0.300 e. The Morgan fingerprint density at radius 3 is 2.06 bits per heavy atom. The first-order valence-electron chi connectivity index (χ1n) is 6.22. The van der Waals surface area contributed by atoms with Crippen molar-refractivity contribution in [2.75, 3.05) is 14.1 Å². The molecule has 2 heteroatoms. The predicted octanol–water partition coefficient (Wildman–Crippen LogP) is 2.95. The van der Waals surface area contributed by atoms with Crippen LogP contribution in [0, 0.1) is 0 Å². The van der Waals surface area contributed by atoms with E-state index in [1.54, 1.807) is 0 Å². The molecule has 1 fully saturated rings. The Kier molecular flexibility index (Phi) is 6.09. The molecule has 1 unspecified atom stereocenters. The smallest absolute Gasteiger partial charge is 0.149 e. The van der Waals surface area contributed by atoms with Gasteiger partial charge in [0.25, 0.3) is 0 Å². The van der Waals surface area contributed by atoms with Crippen LogP contribution < -0.4 is 0 Å². The highest BCUT2D eigenvalue weighted by molar-refractivity contribution is 5.84. The predicted molar refractivity (Wildman–Crippen MR) is 68.5 cm³/mol. The summed E-state index contributed by atoms with van der Waals surface area (Å²) in [6, 6.07) is 0.216. The van der Waals surface area contributed by atoms with Crippen LogP contribution in [0.5, 0.6) is 0 Å². The Bertz CT molecular complexity index is 254. The number of hydrogen-bond donors (Lipinski definition) is 0. The first-order chi connectivity index (χ1) is 7.72. The quantitative estimate of drug-likeness (QED) is 0.678. The van der Waals surface area contributed by atoms with Crippen molar-refractivity contribution in [2.24, 2.45) is 0 Å². The van der Waals surface area contributed by atoms with Crippen molar-refractivity contribution in [1.82, 2.24) is 4.90 Å². The fourth-order valence-corrected chi connectivity index (χ4v) is 2.05. The van der Waals surface area contributed by atoms with Crippen LogP contribution in [0.15, 0.2) is 24.3 Å². The van der Waals surface area contributed by atoms with Crippen LogP contribution >= 0.6 is 0 Å². The van der Waals surface area contributed by atoms with Gasteiger partial charge in [-0.15, -0.1) is 0 Å². The van der Waals surface area contributed by atoms with Gasteiger partial charge in [0, 0.05) is 6.42 Å². The van der Waals surface area contributed by atoms with Crippen molar-refractivity contribution in [3.05, 3.63) is 24.3 Å². The largest absolute Gasteiger partial charge is 0.300 e. The van der Waals surface area contributed by atoms with Crippen molar-refractivity contribution in [2.45, 2.75) is 44.6 Å². The normalized spacial score (nSPS) is 24.2. The average molecular weight is 221 g/mol. The minimum absolute atomic E-state index is 0.216. The first-order valence-corrected chi connectivity index (χ1v) is 6.22. The van der Waals surface area contributed by atoms with Gasteiger partial charge < -0.3 is 0 Å². The Labute approximate surface area is 99.0 Å². The van der Waals surface area contributed by atoms with Crippen molar-refractivity contribution in [3.8, 4) is 0 Å². The van der Waals surface area contributed by atoms with E-state index in [0.29, 0.717) is 5.78 Å². The lowest BCUT2D eigenvalue weighted by atomic mass is 9.93. The van der Waals surface area contributed by atoms with Gasteiger partial charge in [-0.1, -0.05) is 30.7 Å². The first kappa shape index (κ1) is 13.2. The third-order valence-corrected chi connectivity index (χ3v) is 3.03. The number of Topliss-reactive ketones (excluding diaryl/α,β-unsaturated/α-hetero) is 1. The maximum Gasteiger partial charge on any atom is 0.149 e. The van der Waals surface area contributed by atoms with Gasteiger partial charge in [0.2, 0.25) is 0 Å². The molecule has 2 rings (SSSR count). The summed E-state index contributed by atoms with van der Waals surface area (Å²) < 4.78 is 0. The van der Waals surface area contributed by atoms with E-state index >= 15 is 0 Å². The second kappa shape index (κ2) is 7.39. The molecular formula is C14H23NO. The number of hydrogen-bond acceptors (Lipinski definition) is 2. The van der Waals surface area contributed by atoms with Crippen molar-refractivity contribution in [1.29, 1.82) is 0 Å². The topological polar surface area (TPSA) is 20.3 Å². The van der Waals surface area contributed by atoms with Gasteiger partial charge in [-0.05, 0) is 39.8 Å². The summed E-state index contributed by atoms with van der Waals surface area (Å²) in [5, 5.41) is 0. The zero-order valence-electron chi connectivity index (χ0n) is 10.5. The van der Waals surface area contributed by atoms with Gasteiger partial charge in [0.15, 0.2) is 0 Å². The Morgan fingerprint density at radius 2 is 1.75 bits per heavy atom. The van der Waals surface area contributed by atoms with Crippen molar-refractivity contribution < 1.29 is 4.79 Å².